The Kier molecular flexibility index (Phi) is 5.70. The van der Waals surface area contributed by atoms with E-state index in [1.165, 1.54) is 5.57 Å². The van der Waals surface area contributed by atoms with Crippen molar-refractivity contribution in [3.05, 3.63) is 59.9 Å². The second-order valence-electron chi connectivity index (χ2n) is 5.04. The molecule has 0 bridgehead atoms. The van der Waals surface area contributed by atoms with Crippen LogP contribution in [-0.4, -0.2) is 0 Å². The Balaban J connectivity index is 2.89. The van der Waals surface area contributed by atoms with E-state index in [1.54, 1.807) is 0 Å². The zero-order valence-electron chi connectivity index (χ0n) is 11.8. The molecule has 2 N–H and O–H groups in total. The van der Waals surface area contributed by atoms with E-state index in [0.717, 1.165) is 25.0 Å². The van der Waals surface area contributed by atoms with E-state index < -0.39 is 0 Å². The molecule has 0 spiro atoms. The third-order valence-corrected chi connectivity index (χ3v) is 2.99. The first-order chi connectivity index (χ1) is 8.59. The topological polar surface area (TPSA) is 26.0 Å². The van der Waals surface area contributed by atoms with Crippen LogP contribution in [-0.2, 0) is 0 Å². The average molecular weight is 243 g/mol. The van der Waals surface area contributed by atoms with Gasteiger partial charge in [-0.2, -0.15) is 0 Å². The van der Waals surface area contributed by atoms with Gasteiger partial charge < -0.3 is 5.73 Å². The number of allylic oxidation sites excluding steroid dienone is 9. The van der Waals surface area contributed by atoms with Crippen molar-refractivity contribution in [3.63, 3.8) is 0 Å². The number of hydrogen-bond acceptors (Lipinski definition) is 1. The van der Waals surface area contributed by atoms with Gasteiger partial charge in [0.15, 0.2) is 0 Å². The first-order valence-corrected chi connectivity index (χ1v) is 6.79. The monoisotopic (exact) mass is 243 g/mol. The van der Waals surface area contributed by atoms with Gasteiger partial charge in [0.05, 0.1) is 0 Å². The lowest BCUT2D eigenvalue weighted by Gasteiger charge is -2.23. The molecule has 1 nitrogen and oxygen atoms in total. The smallest absolute Gasteiger partial charge is 0.0282 e. The van der Waals surface area contributed by atoms with Gasteiger partial charge in [-0.05, 0) is 25.3 Å². The second-order valence-corrected chi connectivity index (χ2v) is 5.04. The predicted octanol–water partition coefficient (Wildman–Crippen LogP) is 4.65. The van der Waals surface area contributed by atoms with Crippen LogP contribution >= 0.6 is 0 Å². The molecule has 0 aromatic heterocycles. The molecule has 1 rings (SSSR count). The van der Waals surface area contributed by atoms with Gasteiger partial charge in [-0.15, -0.1) is 0 Å². The highest BCUT2D eigenvalue weighted by molar-refractivity contribution is 5.32. The minimum Gasteiger partial charge on any atom is -0.399 e. The predicted molar refractivity (Wildman–Crippen MR) is 81.1 cm³/mol. The van der Waals surface area contributed by atoms with E-state index in [-0.39, 0.29) is 5.41 Å². The molecule has 1 heteroatoms. The molecule has 0 fully saturated rings. The zero-order chi connectivity index (χ0) is 13.4. The number of hydrogen-bond donors (Lipinski definition) is 1. The fraction of sp³-hybridized carbons (Fsp3) is 0.412. The minimum atomic E-state index is 0.00662. The van der Waals surface area contributed by atoms with Gasteiger partial charge in [0, 0.05) is 11.1 Å². The van der Waals surface area contributed by atoms with Crippen LogP contribution < -0.4 is 5.73 Å². The van der Waals surface area contributed by atoms with Gasteiger partial charge in [-0.25, -0.2) is 0 Å². The highest BCUT2D eigenvalue weighted by atomic mass is 14.6. The molecule has 0 radical (unpaired) electrons. The summed E-state index contributed by atoms with van der Waals surface area (Å²) < 4.78 is 0. The fourth-order valence-corrected chi connectivity index (χ4v) is 2.20. The van der Waals surface area contributed by atoms with E-state index in [0.29, 0.717) is 0 Å². The number of nitrogens with two attached hydrogens (primary N) is 1. The van der Waals surface area contributed by atoms with Crippen molar-refractivity contribution < 1.29 is 0 Å². The Bertz CT molecular complexity index is 407. The SMILES string of the molecule is CC/C=C\C(=C/CC)CC1(C)C=CC=CC(N)=C1. The van der Waals surface area contributed by atoms with E-state index >= 15 is 0 Å². The van der Waals surface area contributed by atoms with Gasteiger partial charge in [0.2, 0.25) is 0 Å². The van der Waals surface area contributed by atoms with Crippen molar-refractivity contribution in [1.29, 1.82) is 0 Å². The summed E-state index contributed by atoms with van der Waals surface area (Å²) in [6.07, 6.45) is 20.3. The third kappa shape index (κ3) is 4.79. The lowest BCUT2D eigenvalue weighted by atomic mass is 9.82. The molecule has 0 aliphatic heterocycles. The number of rotatable bonds is 5. The second kappa shape index (κ2) is 7.05. The Hall–Kier alpha value is -1.50. The molecule has 98 valence electrons. The first-order valence-electron chi connectivity index (χ1n) is 6.79. The summed E-state index contributed by atoms with van der Waals surface area (Å²) in [7, 11) is 0. The van der Waals surface area contributed by atoms with Crippen molar-refractivity contribution in [3.8, 4) is 0 Å². The van der Waals surface area contributed by atoms with Crippen LogP contribution in [0.4, 0.5) is 0 Å². The molecule has 1 unspecified atom stereocenters. The molecule has 0 heterocycles. The van der Waals surface area contributed by atoms with Gasteiger partial charge in [0.1, 0.15) is 0 Å². The maximum Gasteiger partial charge on any atom is 0.0282 e. The lowest BCUT2D eigenvalue weighted by molar-refractivity contribution is 0.547. The molecule has 0 aromatic rings. The Morgan fingerprint density at radius 2 is 2.06 bits per heavy atom. The molecule has 1 aliphatic rings. The largest absolute Gasteiger partial charge is 0.399 e. The molecular weight excluding hydrogens is 218 g/mol. The van der Waals surface area contributed by atoms with Crippen LogP contribution in [0.5, 0.6) is 0 Å². The maximum atomic E-state index is 5.96. The van der Waals surface area contributed by atoms with Crippen molar-refractivity contribution in [2.24, 2.45) is 11.1 Å². The highest BCUT2D eigenvalue weighted by Crippen LogP contribution is 2.32. The lowest BCUT2D eigenvalue weighted by Crippen LogP contribution is -2.12. The first kappa shape index (κ1) is 14.6. The zero-order valence-corrected chi connectivity index (χ0v) is 11.8. The molecule has 18 heavy (non-hydrogen) atoms. The van der Waals surface area contributed by atoms with Crippen molar-refractivity contribution in [2.75, 3.05) is 0 Å². The van der Waals surface area contributed by atoms with Crippen molar-refractivity contribution in [1.82, 2.24) is 0 Å². The Morgan fingerprint density at radius 3 is 2.72 bits per heavy atom. The summed E-state index contributed by atoms with van der Waals surface area (Å²) in [5.74, 6) is 0. The molecule has 0 saturated heterocycles. The van der Waals surface area contributed by atoms with Gasteiger partial charge in [0.25, 0.3) is 0 Å². The van der Waals surface area contributed by atoms with E-state index in [2.05, 4.69) is 57.2 Å². The summed E-state index contributed by atoms with van der Waals surface area (Å²) in [5, 5.41) is 0. The summed E-state index contributed by atoms with van der Waals surface area (Å²) in [4.78, 5) is 0. The van der Waals surface area contributed by atoms with Gasteiger partial charge >= 0.3 is 0 Å². The average Bonchev–Trinajstić information content (AvgIpc) is 2.47. The summed E-state index contributed by atoms with van der Waals surface area (Å²) in [6, 6.07) is 0. The van der Waals surface area contributed by atoms with Crippen LogP contribution in [0.25, 0.3) is 0 Å². The van der Waals surface area contributed by atoms with Crippen LogP contribution in [0.3, 0.4) is 0 Å². The van der Waals surface area contributed by atoms with Gasteiger partial charge in [-0.3, -0.25) is 0 Å². The molecule has 0 saturated carbocycles. The molecule has 0 amide bonds. The van der Waals surface area contributed by atoms with Crippen LogP contribution in [0, 0.1) is 5.41 Å². The molecule has 1 atom stereocenters. The van der Waals surface area contributed by atoms with E-state index in [4.69, 9.17) is 5.73 Å². The fourth-order valence-electron chi connectivity index (χ4n) is 2.20. The summed E-state index contributed by atoms with van der Waals surface area (Å²) >= 11 is 0. The van der Waals surface area contributed by atoms with Crippen molar-refractivity contribution >= 4 is 0 Å². The van der Waals surface area contributed by atoms with Crippen LogP contribution in [0.15, 0.2) is 59.9 Å². The highest BCUT2D eigenvalue weighted by Gasteiger charge is 2.20. The standard InChI is InChI=1S/C17H25N/c1-4-6-10-15(9-5-2)13-17(3)12-8-7-11-16(18)14-17/h6-12,14H,4-5,13,18H2,1-3H3/b10-6-,15-9+. The minimum absolute atomic E-state index is 0.00662. The van der Waals surface area contributed by atoms with Crippen LogP contribution in [0.2, 0.25) is 0 Å². The molecular formula is C17H25N. The third-order valence-electron chi connectivity index (χ3n) is 2.99. The van der Waals surface area contributed by atoms with Crippen molar-refractivity contribution in [2.45, 2.75) is 40.0 Å². The Morgan fingerprint density at radius 1 is 1.28 bits per heavy atom. The Labute approximate surface area is 111 Å². The van der Waals surface area contributed by atoms with E-state index in [1.807, 2.05) is 12.2 Å². The maximum absolute atomic E-state index is 5.96. The summed E-state index contributed by atoms with van der Waals surface area (Å²) in [6.45, 7) is 6.57. The van der Waals surface area contributed by atoms with E-state index in [9.17, 15) is 0 Å². The molecule has 1 aliphatic carbocycles. The quantitative estimate of drug-likeness (QED) is 0.699. The normalized spacial score (nSPS) is 24.4. The summed E-state index contributed by atoms with van der Waals surface area (Å²) in [5.41, 5.74) is 8.20. The molecule has 0 aromatic carbocycles. The van der Waals surface area contributed by atoms with Crippen LogP contribution in [0.1, 0.15) is 40.0 Å². The van der Waals surface area contributed by atoms with Gasteiger partial charge in [-0.1, -0.05) is 68.9 Å².